The van der Waals surface area contributed by atoms with E-state index < -0.39 is 5.63 Å². The highest BCUT2D eigenvalue weighted by atomic mass is 35.5. The molecule has 0 saturated carbocycles. The monoisotopic (exact) mass is 233 g/mol. The summed E-state index contributed by atoms with van der Waals surface area (Å²) in [5.74, 6) is 0. The third kappa shape index (κ3) is 1.48. The molecule has 4 heteroatoms. The number of benzene rings is 1. The summed E-state index contributed by atoms with van der Waals surface area (Å²) in [4.78, 5) is 11.3. The Labute approximate surface area is 96.9 Å². The van der Waals surface area contributed by atoms with Crippen LogP contribution in [-0.2, 0) is 0 Å². The van der Waals surface area contributed by atoms with E-state index in [2.05, 4.69) is 0 Å². The first-order valence-corrected chi connectivity index (χ1v) is 5.06. The van der Waals surface area contributed by atoms with Crippen LogP contribution in [0.25, 0.3) is 11.0 Å². The molecular weight excluding hydrogens is 226 g/mol. The average molecular weight is 234 g/mol. The maximum atomic E-state index is 11.3. The van der Waals surface area contributed by atoms with Crippen molar-refractivity contribution >= 4 is 22.6 Å². The molecule has 0 atom stereocenters. The number of halogens is 1. The molecule has 0 aliphatic heterocycles. The van der Waals surface area contributed by atoms with Gasteiger partial charge in [-0.3, -0.25) is 0 Å². The largest absolute Gasteiger partial charge is 0.422 e. The Morgan fingerprint density at radius 1 is 1.38 bits per heavy atom. The van der Waals surface area contributed by atoms with Gasteiger partial charge in [0.25, 0.3) is 0 Å². The summed E-state index contributed by atoms with van der Waals surface area (Å²) in [5.41, 5.74) is 1.51. The summed E-state index contributed by atoms with van der Waals surface area (Å²) < 4.78 is 5.06. The Bertz CT molecular complexity index is 680. The maximum absolute atomic E-state index is 11.3. The van der Waals surface area contributed by atoms with Gasteiger partial charge < -0.3 is 4.42 Å². The first-order valence-electron chi connectivity index (χ1n) is 4.68. The zero-order valence-electron chi connectivity index (χ0n) is 8.80. The molecule has 0 fully saturated rings. The molecule has 0 aliphatic rings. The van der Waals surface area contributed by atoms with Crippen LogP contribution in [0.3, 0.4) is 0 Å². The zero-order valence-corrected chi connectivity index (χ0v) is 9.55. The first kappa shape index (κ1) is 10.7. The highest BCUT2D eigenvalue weighted by molar-refractivity contribution is 6.33. The van der Waals surface area contributed by atoms with E-state index in [1.165, 1.54) is 6.07 Å². The fraction of sp³-hybridized carbons (Fsp3) is 0.167. The highest BCUT2D eigenvalue weighted by Crippen LogP contribution is 2.28. The lowest BCUT2D eigenvalue weighted by Gasteiger charge is -2.06. The Balaban J connectivity index is 2.99. The van der Waals surface area contributed by atoms with Gasteiger partial charge in [0.05, 0.1) is 0 Å². The minimum atomic E-state index is -0.615. The van der Waals surface area contributed by atoms with E-state index >= 15 is 0 Å². The molecule has 0 spiro atoms. The fourth-order valence-electron chi connectivity index (χ4n) is 1.64. The van der Waals surface area contributed by atoms with E-state index in [0.29, 0.717) is 16.0 Å². The van der Waals surface area contributed by atoms with Crippen LogP contribution in [0.15, 0.2) is 21.3 Å². The van der Waals surface area contributed by atoms with Gasteiger partial charge in [-0.15, -0.1) is 0 Å². The second kappa shape index (κ2) is 3.66. The van der Waals surface area contributed by atoms with Crippen LogP contribution in [-0.4, -0.2) is 0 Å². The molecule has 0 saturated heterocycles. The molecule has 16 heavy (non-hydrogen) atoms. The second-order valence-electron chi connectivity index (χ2n) is 3.60. The molecule has 1 heterocycles. The van der Waals surface area contributed by atoms with Crippen LogP contribution < -0.4 is 5.63 Å². The Kier molecular flexibility index (Phi) is 2.45. The van der Waals surface area contributed by atoms with Gasteiger partial charge in [0.15, 0.2) is 0 Å². The van der Waals surface area contributed by atoms with Crippen molar-refractivity contribution in [1.29, 1.82) is 5.26 Å². The third-order valence-corrected chi connectivity index (χ3v) is 3.11. The van der Waals surface area contributed by atoms with Gasteiger partial charge in [0, 0.05) is 10.4 Å². The Hall–Kier alpha value is -1.79. The minimum Gasteiger partial charge on any atom is -0.422 e. The number of nitrogens with zero attached hydrogens (tertiary/aromatic N) is 1. The van der Waals surface area contributed by atoms with Gasteiger partial charge in [-0.2, -0.15) is 5.26 Å². The molecule has 2 rings (SSSR count). The molecule has 0 bridgehead atoms. The maximum Gasteiger partial charge on any atom is 0.354 e. The summed E-state index contributed by atoms with van der Waals surface area (Å²) in [5, 5.41) is 10.1. The molecule has 0 N–H and O–H groups in total. The molecular formula is C12H8ClNO2. The van der Waals surface area contributed by atoms with Gasteiger partial charge in [0.2, 0.25) is 0 Å². The lowest BCUT2D eigenvalue weighted by molar-refractivity contribution is 0.558. The number of rotatable bonds is 0. The van der Waals surface area contributed by atoms with Crippen molar-refractivity contribution in [3.05, 3.63) is 44.3 Å². The molecule has 0 unspecified atom stereocenters. The SMILES string of the molecule is Cc1cc2oc(=O)c(C#N)cc2c(C)c1Cl. The molecule has 0 amide bonds. The van der Waals surface area contributed by atoms with Gasteiger partial charge in [-0.1, -0.05) is 11.6 Å². The van der Waals surface area contributed by atoms with E-state index in [1.54, 1.807) is 12.1 Å². The van der Waals surface area contributed by atoms with Crippen molar-refractivity contribution in [3.8, 4) is 6.07 Å². The molecule has 0 radical (unpaired) electrons. The number of nitriles is 1. The smallest absolute Gasteiger partial charge is 0.354 e. The lowest BCUT2D eigenvalue weighted by Crippen LogP contribution is -2.03. The highest BCUT2D eigenvalue weighted by Gasteiger charge is 2.10. The fourth-order valence-corrected chi connectivity index (χ4v) is 1.79. The summed E-state index contributed by atoms with van der Waals surface area (Å²) in [6, 6.07) is 5.02. The van der Waals surface area contributed by atoms with E-state index in [-0.39, 0.29) is 5.56 Å². The standard InChI is InChI=1S/C12H8ClNO2/c1-6-3-10-9(7(2)11(6)13)4-8(5-14)12(15)16-10/h3-4H,1-2H3. The second-order valence-corrected chi connectivity index (χ2v) is 3.98. The minimum absolute atomic E-state index is 0.00415. The topological polar surface area (TPSA) is 54.0 Å². The van der Waals surface area contributed by atoms with Gasteiger partial charge in [0.1, 0.15) is 17.2 Å². The summed E-state index contributed by atoms with van der Waals surface area (Å²) in [6.07, 6.45) is 0. The quantitative estimate of drug-likeness (QED) is 0.658. The van der Waals surface area contributed by atoms with E-state index in [0.717, 1.165) is 11.1 Å². The van der Waals surface area contributed by atoms with Crippen molar-refractivity contribution < 1.29 is 4.42 Å². The molecule has 2 aromatic rings. The Morgan fingerprint density at radius 2 is 2.06 bits per heavy atom. The Morgan fingerprint density at radius 3 is 2.69 bits per heavy atom. The number of hydrogen-bond donors (Lipinski definition) is 0. The predicted molar refractivity (Wildman–Crippen MR) is 61.7 cm³/mol. The molecule has 0 aliphatic carbocycles. The molecule has 80 valence electrons. The first-order chi connectivity index (χ1) is 7.54. The average Bonchev–Trinajstić information content (AvgIpc) is 2.26. The van der Waals surface area contributed by atoms with Crippen molar-refractivity contribution in [1.82, 2.24) is 0 Å². The van der Waals surface area contributed by atoms with E-state index in [4.69, 9.17) is 21.3 Å². The van der Waals surface area contributed by atoms with Gasteiger partial charge in [-0.25, -0.2) is 4.79 Å². The van der Waals surface area contributed by atoms with Crippen LogP contribution in [0.5, 0.6) is 0 Å². The summed E-state index contributed by atoms with van der Waals surface area (Å²) in [6.45, 7) is 3.67. The summed E-state index contributed by atoms with van der Waals surface area (Å²) in [7, 11) is 0. The van der Waals surface area contributed by atoms with Crippen molar-refractivity contribution in [2.45, 2.75) is 13.8 Å². The van der Waals surface area contributed by atoms with Crippen LogP contribution in [0.1, 0.15) is 16.7 Å². The van der Waals surface area contributed by atoms with Crippen LogP contribution in [0.4, 0.5) is 0 Å². The van der Waals surface area contributed by atoms with Crippen molar-refractivity contribution in [2.75, 3.05) is 0 Å². The lowest BCUT2D eigenvalue weighted by atomic mass is 10.1. The van der Waals surface area contributed by atoms with Crippen molar-refractivity contribution in [3.63, 3.8) is 0 Å². The zero-order chi connectivity index (χ0) is 11.9. The number of fused-ring (bicyclic) bond motifs is 1. The summed E-state index contributed by atoms with van der Waals surface area (Å²) >= 11 is 6.09. The van der Waals surface area contributed by atoms with E-state index in [9.17, 15) is 4.79 Å². The van der Waals surface area contributed by atoms with Gasteiger partial charge >= 0.3 is 5.63 Å². The van der Waals surface area contributed by atoms with Crippen LogP contribution >= 0.6 is 11.6 Å². The predicted octanol–water partition coefficient (Wildman–Crippen LogP) is 2.93. The normalized spacial score (nSPS) is 10.4. The van der Waals surface area contributed by atoms with Crippen LogP contribution in [0, 0.1) is 25.2 Å². The number of aryl methyl sites for hydroxylation is 2. The molecule has 1 aromatic heterocycles. The van der Waals surface area contributed by atoms with Crippen molar-refractivity contribution in [2.24, 2.45) is 0 Å². The molecule has 1 aromatic carbocycles. The third-order valence-electron chi connectivity index (χ3n) is 2.52. The number of hydrogen-bond acceptors (Lipinski definition) is 3. The molecule has 3 nitrogen and oxygen atoms in total. The van der Waals surface area contributed by atoms with Gasteiger partial charge in [-0.05, 0) is 37.1 Å². The van der Waals surface area contributed by atoms with Crippen LogP contribution in [0.2, 0.25) is 5.02 Å². The van der Waals surface area contributed by atoms with E-state index in [1.807, 2.05) is 13.8 Å².